The van der Waals surface area contributed by atoms with E-state index in [0.29, 0.717) is 30.1 Å². The third-order valence-electron chi connectivity index (χ3n) is 5.65. The fraction of sp³-hybridized carbons (Fsp3) is 0.333. The molecule has 0 bridgehead atoms. The lowest BCUT2D eigenvalue weighted by Gasteiger charge is -2.25. The lowest BCUT2D eigenvalue weighted by atomic mass is 10.0. The molecule has 1 aliphatic rings. The first-order valence-electron chi connectivity index (χ1n) is 10.8. The summed E-state index contributed by atoms with van der Waals surface area (Å²) in [6, 6.07) is 11.4. The summed E-state index contributed by atoms with van der Waals surface area (Å²) in [4.78, 5) is 34.5. The molecular formula is C24H27N5O3. The van der Waals surface area contributed by atoms with Crippen molar-refractivity contribution < 1.29 is 14.3 Å². The van der Waals surface area contributed by atoms with Gasteiger partial charge in [-0.25, -0.2) is 0 Å². The van der Waals surface area contributed by atoms with Crippen LogP contribution < -0.4 is 10.6 Å². The maximum Gasteiger partial charge on any atom is 0.268 e. The van der Waals surface area contributed by atoms with Gasteiger partial charge in [0, 0.05) is 18.9 Å². The number of aromatic nitrogens is 3. The number of benzene rings is 1. The monoisotopic (exact) mass is 433 g/mol. The van der Waals surface area contributed by atoms with Crippen molar-refractivity contribution in [3.05, 3.63) is 83.2 Å². The maximum atomic E-state index is 13.3. The van der Waals surface area contributed by atoms with Crippen LogP contribution in [0.1, 0.15) is 70.2 Å². The Morgan fingerprint density at radius 2 is 2.03 bits per heavy atom. The van der Waals surface area contributed by atoms with E-state index in [0.717, 1.165) is 17.7 Å². The van der Waals surface area contributed by atoms with Crippen LogP contribution in [0.5, 0.6) is 0 Å². The highest BCUT2D eigenvalue weighted by Crippen LogP contribution is 2.30. The van der Waals surface area contributed by atoms with Gasteiger partial charge < -0.3 is 19.9 Å². The van der Waals surface area contributed by atoms with Crippen LogP contribution in [0.25, 0.3) is 0 Å². The molecule has 0 saturated heterocycles. The summed E-state index contributed by atoms with van der Waals surface area (Å²) in [5.74, 6) is -0.477. The Bertz CT molecular complexity index is 1080. The fourth-order valence-corrected chi connectivity index (χ4v) is 4.04. The molecule has 2 N–H and O–H groups in total. The number of nitrogens with zero attached hydrogens (tertiary/aromatic N) is 3. The highest BCUT2D eigenvalue weighted by atomic mass is 16.5. The lowest BCUT2D eigenvalue weighted by Crippen LogP contribution is -2.31. The topological polar surface area (TPSA) is 98.1 Å². The van der Waals surface area contributed by atoms with Gasteiger partial charge in [0.25, 0.3) is 11.8 Å². The molecule has 0 spiro atoms. The van der Waals surface area contributed by atoms with E-state index in [-0.39, 0.29) is 30.5 Å². The van der Waals surface area contributed by atoms with Crippen molar-refractivity contribution in [3.8, 4) is 0 Å². The van der Waals surface area contributed by atoms with E-state index in [1.807, 2.05) is 48.7 Å². The van der Waals surface area contributed by atoms with Gasteiger partial charge in [0.1, 0.15) is 5.69 Å². The second-order valence-corrected chi connectivity index (χ2v) is 7.72. The van der Waals surface area contributed by atoms with Gasteiger partial charge in [-0.2, -0.15) is 0 Å². The highest BCUT2D eigenvalue weighted by Gasteiger charge is 2.30. The lowest BCUT2D eigenvalue weighted by molar-refractivity contribution is 0.0310. The van der Waals surface area contributed by atoms with Gasteiger partial charge in [-0.3, -0.25) is 19.6 Å². The van der Waals surface area contributed by atoms with E-state index in [1.165, 1.54) is 0 Å². The number of amides is 2. The number of hydrogen-bond donors (Lipinski definition) is 2. The quantitative estimate of drug-likeness (QED) is 0.596. The standard InChI is InChI=1S/C24H27N5O3/c1-3-20(17-7-5-4-6-8-17)28-23(30)19-13-21(29-11-12-32-16(2)22(19)29)24(31)27-15-18-14-25-9-10-26-18/h4-10,13-14,16,20H,3,11-12,15H2,1-2H3,(H,27,31)(H,28,30). The van der Waals surface area contributed by atoms with Crippen molar-refractivity contribution in [1.82, 2.24) is 25.2 Å². The predicted molar refractivity (Wildman–Crippen MR) is 119 cm³/mol. The van der Waals surface area contributed by atoms with Crippen molar-refractivity contribution in [2.75, 3.05) is 6.61 Å². The van der Waals surface area contributed by atoms with Crippen molar-refractivity contribution in [2.45, 2.75) is 45.5 Å². The number of carbonyl (C=O) groups is 2. The van der Waals surface area contributed by atoms with Gasteiger partial charge >= 0.3 is 0 Å². The van der Waals surface area contributed by atoms with Crippen LogP contribution in [0.3, 0.4) is 0 Å². The number of ether oxygens (including phenoxy) is 1. The molecule has 1 aromatic carbocycles. The Labute approximate surface area is 187 Å². The average Bonchev–Trinajstić information content (AvgIpc) is 3.23. The normalized spacial score (nSPS) is 16.1. The molecule has 8 nitrogen and oxygen atoms in total. The Morgan fingerprint density at radius 3 is 2.75 bits per heavy atom. The first-order valence-corrected chi connectivity index (χ1v) is 10.8. The van der Waals surface area contributed by atoms with Gasteiger partial charge in [0.05, 0.1) is 48.4 Å². The average molecular weight is 434 g/mol. The highest BCUT2D eigenvalue weighted by molar-refractivity contribution is 6.01. The van der Waals surface area contributed by atoms with E-state index < -0.39 is 0 Å². The van der Waals surface area contributed by atoms with Crippen LogP contribution in [0, 0.1) is 0 Å². The van der Waals surface area contributed by atoms with Gasteiger partial charge in [-0.05, 0) is 25.0 Å². The molecular weight excluding hydrogens is 406 g/mol. The smallest absolute Gasteiger partial charge is 0.268 e. The second kappa shape index (κ2) is 9.74. The number of carbonyl (C=O) groups excluding carboxylic acids is 2. The molecule has 3 aromatic rings. The predicted octanol–water partition coefficient (Wildman–Crippen LogP) is 3.18. The van der Waals surface area contributed by atoms with Crippen LogP contribution in [0.2, 0.25) is 0 Å². The van der Waals surface area contributed by atoms with Crippen molar-refractivity contribution in [2.24, 2.45) is 0 Å². The minimum absolute atomic E-state index is 0.118. The Kier molecular flexibility index (Phi) is 6.61. The third-order valence-corrected chi connectivity index (χ3v) is 5.65. The Balaban J connectivity index is 1.59. The summed E-state index contributed by atoms with van der Waals surface area (Å²) in [7, 11) is 0. The molecule has 1 aliphatic heterocycles. The van der Waals surface area contributed by atoms with Crippen LogP contribution >= 0.6 is 0 Å². The summed E-state index contributed by atoms with van der Waals surface area (Å²) < 4.78 is 7.67. The van der Waals surface area contributed by atoms with Crippen molar-refractivity contribution in [1.29, 1.82) is 0 Å². The summed E-state index contributed by atoms with van der Waals surface area (Å²) in [6.45, 7) is 5.18. The van der Waals surface area contributed by atoms with Gasteiger partial charge in [0.15, 0.2) is 0 Å². The first-order chi connectivity index (χ1) is 15.6. The number of fused-ring (bicyclic) bond motifs is 1. The summed E-state index contributed by atoms with van der Waals surface area (Å²) >= 11 is 0. The first kappa shape index (κ1) is 21.7. The summed E-state index contributed by atoms with van der Waals surface area (Å²) in [5.41, 5.74) is 3.34. The van der Waals surface area contributed by atoms with E-state index in [1.54, 1.807) is 24.7 Å². The van der Waals surface area contributed by atoms with Crippen LogP contribution in [-0.4, -0.2) is 33.0 Å². The van der Waals surface area contributed by atoms with E-state index in [4.69, 9.17) is 4.74 Å². The molecule has 32 heavy (non-hydrogen) atoms. The zero-order chi connectivity index (χ0) is 22.5. The maximum absolute atomic E-state index is 13.3. The molecule has 2 amide bonds. The molecule has 2 atom stereocenters. The molecule has 4 rings (SSSR count). The SMILES string of the molecule is CCC(NC(=O)c1cc(C(=O)NCc2cnccn2)n2c1C(C)OCC2)c1ccccc1. The minimum Gasteiger partial charge on any atom is -0.370 e. The molecule has 0 radical (unpaired) electrons. The largest absolute Gasteiger partial charge is 0.370 e. The third kappa shape index (κ3) is 4.55. The van der Waals surface area contributed by atoms with E-state index >= 15 is 0 Å². The number of rotatable bonds is 7. The summed E-state index contributed by atoms with van der Waals surface area (Å²) in [6.07, 6.45) is 5.24. The zero-order valence-corrected chi connectivity index (χ0v) is 18.2. The molecule has 0 aliphatic carbocycles. The molecule has 2 aromatic heterocycles. The van der Waals surface area contributed by atoms with Crippen LogP contribution in [0.4, 0.5) is 0 Å². The molecule has 0 saturated carbocycles. The Morgan fingerprint density at radius 1 is 1.22 bits per heavy atom. The molecule has 8 heteroatoms. The van der Waals surface area contributed by atoms with Crippen LogP contribution in [0.15, 0.2) is 55.0 Å². The number of nitrogens with one attached hydrogen (secondary N) is 2. The molecule has 166 valence electrons. The molecule has 3 heterocycles. The fourth-order valence-electron chi connectivity index (χ4n) is 4.04. The zero-order valence-electron chi connectivity index (χ0n) is 18.2. The minimum atomic E-state index is -0.289. The van der Waals surface area contributed by atoms with E-state index in [9.17, 15) is 9.59 Å². The molecule has 2 unspecified atom stereocenters. The number of hydrogen-bond acceptors (Lipinski definition) is 5. The summed E-state index contributed by atoms with van der Waals surface area (Å²) in [5, 5.41) is 6.00. The Hall–Kier alpha value is -3.52. The second-order valence-electron chi connectivity index (χ2n) is 7.72. The van der Waals surface area contributed by atoms with Crippen molar-refractivity contribution >= 4 is 11.8 Å². The van der Waals surface area contributed by atoms with Gasteiger partial charge in [-0.1, -0.05) is 37.3 Å². The molecule has 0 fully saturated rings. The van der Waals surface area contributed by atoms with Gasteiger partial charge in [-0.15, -0.1) is 0 Å². The van der Waals surface area contributed by atoms with Crippen molar-refractivity contribution in [3.63, 3.8) is 0 Å². The van der Waals surface area contributed by atoms with Gasteiger partial charge in [0.2, 0.25) is 0 Å². The van der Waals surface area contributed by atoms with E-state index in [2.05, 4.69) is 20.6 Å². The van der Waals surface area contributed by atoms with Crippen LogP contribution in [-0.2, 0) is 17.8 Å².